The van der Waals surface area contributed by atoms with Gasteiger partial charge in [0.25, 0.3) is 0 Å². The lowest BCUT2D eigenvalue weighted by molar-refractivity contribution is -0.146. The molecule has 5 heteroatoms. The van der Waals surface area contributed by atoms with Crippen LogP contribution in [0.3, 0.4) is 0 Å². The van der Waals surface area contributed by atoms with Crippen molar-refractivity contribution in [1.82, 2.24) is 4.90 Å². The van der Waals surface area contributed by atoms with Crippen molar-refractivity contribution in [2.24, 2.45) is 5.73 Å². The lowest BCUT2D eigenvalue weighted by Crippen LogP contribution is -2.44. The lowest BCUT2D eigenvalue weighted by Gasteiger charge is -2.30. The minimum Gasteiger partial charge on any atom is -0.462 e. The fourth-order valence-electron chi connectivity index (χ4n) is 1.98. The van der Waals surface area contributed by atoms with Gasteiger partial charge in [0.15, 0.2) is 0 Å². The van der Waals surface area contributed by atoms with Crippen molar-refractivity contribution in [3.8, 4) is 0 Å². The predicted molar refractivity (Wildman–Crippen MR) is 74.9 cm³/mol. The average Bonchev–Trinajstić information content (AvgIpc) is 2.43. The molecule has 5 nitrogen and oxygen atoms in total. The van der Waals surface area contributed by atoms with Crippen LogP contribution in [0.4, 0.5) is 0 Å². The van der Waals surface area contributed by atoms with E-state index in [9.17, 15) is 4.79 Å². The normalized spacial score (nSPS) is 19.6. The molecule has 1 aliphatic heterocycles. The summed E-state index contributed by atoms with van der Waals surface area (Å²) in [6, 6.07) is 0.155. The van der Waals surface area contributed by atoms with Gasteiger partial charge in [0.1, 0.15) is 6.61 Å². The Morgan fingerprint density at radius 1 is 1.42 bits per heavy atom. The Balaban J connectivity index is 2.11. The molecule has 1 aliphatic rings. The highest BCUT2D eigenvalue weighted by atomic mass is 16.6. The summed E-state index contributed by atoms with van der Waals surface area (Å²) in [4.78, 5) is 13.7. The van der Waals surface area contributed by atoms with Crippen molar-refractivity contribution in [3.05, 3.63) is 12.2 Å². The van der Waals surface area contributed by atoms with E-state index in [0.29, 0.717) is 26.3 Å². The fourth-order valence-corrected chi connectivity index (χ4v) is 1.98. The third kappa shape index (κ3) is 6.71. The highest BCUT2D eigenvalue weighted by Gasteiger charge is 2.20. The average molecular weight is 270 g/mol. The summed E-state index contributed by atoms with van der Waals surface area (Å²) in [6.07, 6.45) is 7.30. The van der Waals surface area contributed by atoms with E-state index in [0.717, 1.165) is 32.4 Å². The highest BCUT2D eigenvalue weighted by Crippen LogP contribution is 2.08. The van der Waals surface area contributed by atoms with Gasteiger partial charge < -0.3 is 15.2 Å². The van der Waals surface area contributed by atoms with Crippen LogP contribution in [0.5, 0.6) is 0 Å². The van der Waals surface area contributed by atoms with Gasteiger partial charge in [-0.2, -0.15) is 0 Å². The number of rotatable bonds is 9. The topological polar surface area (TPSA) is 64.8 Å². The van der Waals surface area contributed by atoms with E-state index in [1.807, 2.05) is 0 Å². The molecule has 1 rings (SSSR count). The molecule has 1 heterocycles. The monoisotopic (exact) mass is 270 g/mol. The second-order valence-corrected chi connectivity index (χ2v) is 4.68. The molecule has 0 radical (unpaired) electrons. The van der Waals surface area contributed by atoms with E-state index in [1.54, 1.807) is 0 Å². The summed E-state index contributed by atoms with van der Waals surface area (Å²) >= 11 is 0. The number of ether oxygens (including phenoxy) is 2. The van der Waals surface area contributed by atoms with Crippen molar-refractivity contribution in [3.63, 3.8) is 0 Å². The smallest absolute Gasteiger partial charge is 0.320 e. The number of unbranched alkanes of at least 4 members (excludes halogenated alkanes) is 1. The van der Waals surface area contributed by atoms with E-state index in [4.69, 9.17) is 15.2 Å². The Morgan fingerprint density at radius 2 is 2.26 bits per heavy atom. The van der Waals surface area contributed by atoms with Gasteiger partial charge in [-0.25, -0.2) is 0 Å². The summed E-state index contributed by atoms with van der Waals surface area (Å²) < 4.78 is 10.5. The van der Waals surface area contributed by atoms with Gasteiger partial charge in [-0.3, -0.25) is 9.69 Å². The van der Waals surface area contributed by atoms with Crippen LogP contribution in [0.2, 0.25) is 0 Å². The summed E-state index contributed by atoms with van der Waals surface area (Å²) in [7, 11) is 0. The number of carbonyl (C=O) groups is 1. The quantitative estimate of drug-likeness (QED) is 0.384. The minimum atomic E-state index is -0.201. The first kappa shape index (κ1) is 16.1. The van der Waals surface area contributed by atoms with Crippen molar-refractivity contribution in [2.75, 3.05) is 39.5 Å². The molecule has 1 unspecified atom stereocenters. The molecule has 0 spiro atoms. The van der Waals surface area contributed by atoms with E-state index < -0.39 is 0 Å². The number of nitrogens with zero attached hydrogens (tertiary/aromatic N) is 1. The number of carbonyl (C=O) groups excluding carboxylic acids is 1. The van der Waals surface area contributed by atoms with Crippen LogP contribution >= 0.6 is 0 Å². The van der Waals surface area contributed by atoms with Gasteiger partial charge in [-0.1, -0.05) is 25.5 Å². The van der Waals surface area contributed by atoms with Gasteiger partial charge in [0, 0.05) is 25.7 Å². The molecular formula is C14H26N2O3. The van der Waals surface area contributed by atoms with Gasteiger partial charge in [0.2, 0.25) is 0 Å². The third-order valence-electron chi connectivity index (χ3n) is 3.12. The first-order chi connectivity index (χ1) is 9.27. The molecule has 110 valence electrons. The molecule has 0 saturated carbocycles. The molecule has 0 aromatic rings. The Hall–Kier alpha value is -0.910. The van der Waals surface area contributed by atoms with Crippen molar-refractivity contribution < 1.29 is 14.3 Å². The maximum absolute atomic E-state index is 11.7. The third-order valence-corrected chi connectivity index (χ3v) is 3.12. The predicted octanol–water partition coefficient (Wildman–Crippen LogP) is 0.935. The minimum absolute atomic E-state index is 0.155. The summed E-state index contributed by atoms with van der Waals surface area (Å²) in [5.74, 6) is -0.201. The Bertz CT molecular complexity index is 282. The summed E-state index contributed by atoms with van der Waals surface area (Å²) in [5.41, 5.74) is 5.67. The molecule has 0 aromatic carbocycles. The van der Waals surface area contributed by atoms with Crippen molar-refractivity contribution >= 4 is 5.97 Å². The molecule has 0 aromatic heterocycles. The van der Waals surface area contributed by atoms with Crippen LogP contribution in [-0.4, -0.2) is 56.4 Å². The Kier molecular flexibility index (Phi) is 8.45. The van der Waals surface area contributed by atoms with Gasteiger partial charge in [-0.05, 0) is 12.8 Å². The fraction of sp³-hybridized carbons (Fsp3) is 0.786. The number of nitrogens with two attached hydrogens (primary N) is 1. The molecule has 0 amide bonds. The van der Waals surface area contributed by atoms with Gasteiger partial charge in [0.05, 0.1) is 13.2 Å². The van der Waals surface area contributed by atoms with Gasteiger partial charge in [-0.15, -0.1) is 0 Å². The molecule has 19 heavy (non-hydrogen) atoms. The SMILES string of the molecule is CCCCOCCOC(=O)CN1CCC=CC1CN. The molecule has 2 N–H and O–H groups in total. The number of hydrogen-bond acceptors (Lipinski definition) is 5. The zero-order chi connectivity index (χ0) is 13.9. The van der Waals surface area contributed by atoms with Crippen LogP contribution in [0.1, 0.15) is 26.2 Å². The van der Waals surface area contributed by atoms with E-state index >= 15 is 0 Å². The van der Waals surface area contributed by atoms with E-state index in [-0.39, 0.29) is 12.0 Å². The van der Waals surface area contributed by atoms with Crippen LogP contribution in [0, 0.1) is 0 Å². The lowest BCUT2D eigenvalue weighted by atomic mass is 10.1. The second kappa shape index (κ2) is 9.95. The molecule has 0 saturated heterocycles. The van der Waals surface area contributed by atoms with Crippen molar-refractivity contribution in [2.45, 2.75) is 32.2 Å². The molecule has 0 fully saturated rings. The number of esters is 1. The van der Waals surface area contributed by atoms with Crippen LogP contribution in [-0.2, 0) is 14.3 Å². The first-order valence-electron chi connectivity index (χ1n) is 7.12. The van der Waals surface area contributed by atoms with Gasteiger partial charge >= 0.3 is 5.97 Å². The largest absolute Gasteiger partial charge is 0.462 e. The number of hydrogen-bond donors (Lipinski definition) is 1. The Labute approximate surface area is 115 Å². The molecule has 0 bridgehead atoms. The van der Waals surface area contributed by atoms with Crippen LogP contribution < -0.4 is 5.73 Å². The van der Waals surface area contributed by atoms with Crippen LogP contribution in [0.15, 0.2) is 12.2 Å². The zero-order valence-corrected chi connectivity index (χ0v) is 11.8. The maximum Gasteiger partial charge on any atom is 0.320 e. The van der Waals surface area contributed by atoms with Crippen molar-refractivity contribution in [1.29, 1.82) is 0 Å². The zero-order valence-electron chi connectivity index (χ0n) is 11.8. The first-order valence-corrected chi connectivity index (χ1v) is 7.12. The molecule has 1 atom stereocenters. The van der Waals surface area contributed by atoms with E-state index in [1.165, 1.54) is 0 Å². The highest BCUT2D eigenvalue weighted by molar-refractivity contribution is 5.71. The molecular weight excluding hydrogens is 244 g/mol. The van der Waals surface area contributed by atoms with E-state index in [2.05, 4.69) is 24.0 Å². The Morgan fingerprint density at radius 3 is 3.00 bits per heavy atom. The summed E-state index contributed by atoms with van der Waals surface area (Å²) in [6.45, 7) is 5.36. The van der Waals surface area contributed by atoms with Crippen LogP contribution in [0.25, 0.3) is 0 Å². The summed E-state index contributed by atoms with van der Waals surface area (Å²) in [5, 5.41) is 0. The maximum atomic E-state index is 11.7. The standard InChI is InChI=1S/C14H26N2O3/c1-2-3-8-18-9-10-19-14(17)12-16-7-5-4-6-13(16)11-15/h4,6,13H,2-3,5,7-12,15H2,1H3. The molecule has 0 aliphatic carbocycles. The second-order valence-electron chi connectivity index (χ2n) is 4.68.